The second kappa shape index (κ2) is 6.76. The number of halogens is 2. The van der Waals surface area contributed by atoms with Crippen LogP contribution in [0.2, 0.25) is 0 Å². The van der Waals surface area contributed by atoms with Gasteiger partial charge in [0.1, 0.15) is 4.60 Å². The largest absolute Gasteiger partial charge is 0.469 e. The molecule has 1 aromatic heterocycles. The fourth-order valence-corrected chi connectivity index (χ4v) is 1.22. The van der Waals surface area contributed by atoms with Crippen molar-refractivity contribution < 1.29 is 9.53 Å². The van der Waals surface area contributed by atoms with Crippen LogP contribution in [0.1, 0.15) is 18.0 Å². The lowest BCUT2D eigenvalue weighted by Gasteiger charge is -2.09. The van der Waals surface area contributed by atoms with Crippen molar-refractivity contribution in [2.24, 2.45) is 5.73 Å². The summed E-state index contributed by atoms with van der Waals surface area (Å²) in [6.07, 6.45) is 1.80. The summed E-state index contributed by atoms with van der Waals surface area (Å²) in [5.41, 5.74) is 6.58. The van der Waals surface area contributed by atoms with Crippen LogP contribution >= 0.6 is 28.3 Å². The number of nitrogens with two attached hydrogens (primary N) is 1. The van der Waals surface area contributed by atoms with E-state index in [0.717, 1.165) is 10.2 Å². The molecule has 0 aliphatic heterocycles. The van der Waals surface area contributed by atoms with E-state index in [4.69, 9.17) is 5.73 Å². The Labute approximate surface area is 103 Å². The van der Waals surface area contributed by atoms with E-state index < -0.39 is 0 Å². The minimum Gasteiger partial charge on any atom is -0.469 e. The molecular weight excluding hydrogens is 283 g/mol. The van der Waals surface area contributed by atoms with Crippen LogP contribution in [0.4, 0.5) is 0 Å². The summed E-state index contributed by atoms with van der Waals surface area (Å²) in [5, 5.41) is 0. The topological polar surface area (TPSA) is 65.2 Å². The summed E-state index contributed by atoms with van der Waals surface area (Å²) < 4.78 is 5.26. The number of hydrogen-bond donors (Lipinski definition) is 1. The summed E-state index contributed by atoms with van der Waals surface area (Å²) in [6.45, 7) is 0. The fraction of sp³-hybridized carbons (Fsp3) is 0.333. The molecular formula is C9H12BrClN2O2. The Balaban J connectivity index is 0.00000196. The highest BCUT2D eigenvalue weighted by molar-refractivity contribution is 9.10. The number of carbonyl (C=O) groups is 1. The monoisotopic (exact) mass is 294 g/mol. The quantitative estimate of drug-likeness (QED) is 0.682. The number of nitrogens with zero attached hydrogens (tertiary/aromatic N) is 1. The van der Waals surface area contributed by atoms with Gasteiger partial charge in [-0.2, -0.15) is 0 Å². The zero-order chi connectivity index (χ0) is 10.6. The Kier molecular flexibility index (Phi) is 6.47. The third-order valence-corrected chi connectivity index (χ3v) is 2.26. The van der Waals surface area contributed by atoms with Gasteiger partial charge in [-0.1, -0.05) is 6.07 Å². The van der Waals surface area contributed by atoms with Crippen LogP contribution in [0.25, 0.3) is 0 Å². The van der Waals surface area contributed by atoms with Crippen molar-refractivity contribution in [2.75, 3.05) is 7.11 Å². The van der Waals surface area contributed by atoms with Crippen molar-refractivity contribution >= 4 is 34.3 Å². The van der Waals surface area contributed by atoms with E-state index in [1.54, 1.807) is 12.3 Å². The Morgan fingerprint density at radius 3 is 2.80 bits per heavy atom. The number of hydrogen-bond acceptors (Lipinski definition) is 4. The molecule has 0 spiro atoms. The van der Waals surface area contributed by atoms with E-state index in [1.807, 2.05) is 6.07 Å². The first kappa shape index (κ1) is 14.3. The highest BCUT2D eigenvalue weighted by atomic mass is 79.9. The smallest absolute Gasteiger partial charge is 0.307 e. The molecule has 1 atom stereocenters. The van der Waals surface area contributed by atoms with Crippen LogP contribution < -0.4 is 5.73 Å². The molecule has 1 heterocycles. The molecule has 15 heavy (non-hydrogen) atoms. The number of rotatable bonds is 3. The maximum Gasteiger partial charge on any atom is 0.307 e. The van der Waals surface area contributed by atoms with Gasteiger partial charge in [-0.3, -0.25) is 4.79 Å². The van der Waals surface area contributed by atoms with Gasteiger partial charge in [-0.15, -0.1) is 12.4 Å². The molecule has 0 aliphatic rings. The van der Waals surface area contributed by atoms with E-state index in [2.05, 4.69) is 25.7 Å². The molecule has 0 radical (unpaired) electrons. The number of ether oxygens (including phenoxy) is 1. The lowest BCUT2D eigenvalue weighted by atomic mass is 10.1. The molecule has 0 bridgehead atoms. The molecule has 0 aliphatic carbocycles. The fourth-order valence-electron chi connectivity index (χ4n) is 0.987. The molecule has 1 rings (SSSR count). The number of pyridine rings is 1. The van der Waals surface area contributed by atoms with Gasteiger partial charge in [0.05, 0.1) is 13.5 Å². The normalized spacial score (nSPS) is 11.4. The van der Waals surface area contributed by atoms with Gasteiger partial charge in [0.15, 0.2) is 0 Å². The average molecular weight is 296 g/mol. The van der Waals surface area contributed by atoms with Crippen LogP contribution in [0.3, 0.4) is 0 Å². The van der Waals surface area contributed by atoms with Crippen molar-refractivity contribution in [3.63, 3.8) is 0 Å². The Hall–Kier alpha value is -0.650. The van der Waals surface area contributed by atoms with Gasteiger partial charge in [-0.05, 0) is 27.6 Å². The van der Waals surface area contributed by atoms with Crippen molar-refractivity contribution in [3.05, 3.63) is 28.5 Å². The number of esters is 1. The van der Waals surface area contributed by atoms with E-state index in [1.165, 1.54) is 7.11 Å². The van der Waals surface area contributed by atoms with Gasteiger partial charge in [0.2, 0.25) is 0 Å². The van der Waals surface area contributed by atoms with Crippen LogP contribution in [-0.4, -0.2) is 18.1 Å². The lowest BCUT2D eigenvalue weighted by Crippen LogP contribution is -2.16. The number of carbonyl (C=O) groups excluding carboxylic acids is 1. The van der Waals surface area contributed by atoms with Crippen molar-refractivity contribution in [3.8, 4) is 0 Å². The van der Waals surface area contributed by atoms with Gasteiger partial charge in [0.25, 0.3) is 0 Å². The Morgan fingerprint density at radius 1 is 1.67 bits per heavy atom. The zero-order valence-electron chi connectivity index (χ0n) is 8.14. The maximum absolute atomic E-state index is 10.9. The van der Waals surface area contributed by atoms with Crippen molar-refractivity contribution in [2.45, 2.75) is 12.5 Å². The minimum absolute atomic E-state index is 0. The summed E-state index contributed by atoms with van der Waals surface area (Å²) in [4.78, 5) is 14.9. The summed E-state index contributed by atoms with van der Waals surface area (Å²) in [7, 11) is 1.34. The number of aromatic nitrogens is 1. The first-order valence-corrected chi connectivity index (χ1v) is 4.86. The first-order valence-electron chi connectivity index (χ1n) is 4.07. The molecule has 0 aromatic carbocycles. The molecule has 2 N–H and O–H groups in total. The van der Waals surface area contributed by atoms with Gasteiger partial charge in [-0.25, -0.2) is 4.98 Å². The van der Waals surface area contributed by atoms with E-state index in [-0.39, 0.29) is 30.8 Å². The minimum atomic E-state index is -0.358. The molecule has 0 saturated carbocycles. The van der Waals surface area contributed by atoms with Gasteiger partial charge < -0.3 is 10.5 Å². The standard InChI is InChI=1S/C9H11BrN2O2.ClH/c1-14-9(13)4-7(11)6-2-3-8(10)12-5-6;/h2-3,5,7H,4,11H2,1H3;1H/t7-;/m1./s1. The second-order valence-corrected chi connectivity index (χ2v) is 3.61. The average Bonchev–Trinajstić information content (AvgIpc) is 2.18. The third kappa shape index (κ3) is 4.59. The molecule has 0 saturated heterocycles. The van der Waals surface area contributed by atoms with Gasteiger partial charge >= 0.3 is 5.97 Å². The predicted molar refractivity (Wildman–Crippen MR) is 62.7 cm³/mol. The zero-order valence-corrected chi connectivity index (χ0v) is 10.5. The second-order valence-electron chi connectivity index (χ2n) is 2.80. The summed E-state index contributed by atoms with van der Waals surface area (Å²) in [6, 6.07) is 3.25. The van der Waals surface area contributed by atoms with E-state index >= 15 is 0 Å². The van der Waals surface area contributed by atoms with E-state index in [9.17, 15) is 4.79 Å². The highest BCUT2D eigenvalue weighted by Gasteiger charge is 2.11. The lowest BCUT2D eigenvalue weighted by molar-refractivity contribution is -0.141. The highest BCUT2D eigenvalue weighted by Crippen LogP contribution is 2.15. The molecule has 6 heteroatoms. The Bertz CT molecular complexity index is 318. The van der Waals surface area contributed by atoms with Crippen LogP contribution in [0.15, 0.2) is 22.9 Å². The Morgan fingerprint density at radius 2 is 2.33 bits per heavy atom. The van der Waals surface area contributed by atoms with Crippen molar-refractivity contribution in [1.29, 1.82) is 0 Å². The van der Waals surface area contributed by atoms with Crippen LogP contribution in [-0.2, 0) is 9.53 Å². The van der Waals surface area contributed by atoms with Crippen LogP contribution in [0.5, 0.6) is 0 Å². The SMILES string of the molecule is COC(=O)C[C@@H](N)c1ccc(Br)nc1.Cl. The first-order chi connectivity index (χ1) is 6.63. The molecule has 0 amide bonds. The molecule has 84 valence electrons. The molecule has 4 nitrogen and oxygen atoms in total. The summed E-state index contributed by atoms with van der Waals surface area (Å²) >= 11 is 3.22. The predicted octanol–water partition coefficient (Wildman–Crippen LogP) is 1.83. The van der Waals surface area contributed by atoms with Gasteiger partial charge in [0, 0.05) is 12.2 Å². The third-order valence-electron chi connectivity index (χ3n) is 1.79. The molecule has 0 unspecified atom stereocenters. The molecule has 1 aromatic rings. The molecule has 0 fully saturated rings. The van der Waals surface area contributed by atoms with Crippen LogP contribution in [0, 0.1) is 0 Å². The van der Waals surface area contributed by atoms with Crippen molar-refractivity contribution in [1.82, 2.24) is 4.98 Å². The maximum atomic E-state index is 10.9. The van der Waals surface area contributed by atoms with E-state index in [0.29, 0.717) is 0 Å². The number of methoxy groups -OCH3 is 1. The summed E-state index contributed by atoms with van der Waals surface area (Å²) in [5.74, 6) is -0.319.